The zero-order valence-electron chi connectivity index (χ0n) is 9.39. The molecule has 2 N–H and O–H groups in total. The first-order valence-electron chi connectivity index (χ1n) is 5.09. The Morgan fingerprint density at radius 3 is 2.53 bits per heavy atom. The number of benzene rings is 1. The van der Waals surface area contributed by atoms with Crippen LogP contribution in [0, 0.1) is 0 Å². The maximum absolute atomic E-state index is 12.5. The summed E-state index contributed by atoms with van der Waals surface area (Å²) in [5.74, 6) is 0. The summed E-state index contributed by atoms with van der Waals surface area (Å²) in [6.07, 6.45) is -4.30. The SMILES string of the molecule is CN(CCN)Cc1cc(C(F)(F)F)ccc1Br. The van der Waals surface area contributed by atoms with Gasteiger partial charge in [0.2, 0.25) is 0 Å². The third-order valence-corrected chi connectivity index (χ3v) is 3.10. The minimum atomic E-state index is -4.30. The van der Waals surface area contributed by atoms with Crippen LogP contribution in [0.2, 0.25) is 0 Å². The molecule has 0 aliphatic carbocycles. The first-order chi connectivity index (χ1) is 7.84. The molecule has 0 saturated carbocycles. The van der Waals surface area contributed by atoms with Crippen molar-refractivity contribution in [3.63, 3.8) is 0 Å². The Bertz CT molecular complexity index is 379. The number of halogens is 4. The Labute approximate surface area is 107 Å². The quantitative estimate of drug-likeness (QED) is 0.926. The molecule has 0 saturated heterocycles. The highest BCUT2D eigenvalue weighted by molar-refractivity contribution is 9.10. The lowest BCUT2D eigenvalue weighted by Gasteiger charge is -2.17. The number of likely N-dealkylation sites (N-methyl/N-ethyl adjacent to an activating group) is 1. The lowest BCUT2D eigenvalue weighted by atomic mass is 10.1. The van der Waals surface area contributed by atoms with Crippen molar-refractivity contribution in [3.8, 4) is 0 Å². The van der Waals surface area contributed by atoms with E-state index < -0.39 is 11.7 Å². The monoisotopic (exact) mass is 310 g/mol. The van der Waals surface area contributed by atoms with Crippen molar-refractivity contribution in [3.05, 3.63) is 33.8 Å². The van der Waals surface area contributed by atoms with Gasteiger partial charge in [-0.2, -0.15) is 13.2 Å². The van der Waals surface area contributed by atoms with Crippen LogP contribution in [-0.4, -0.2) is 25.0 Å². The fraction of sp³-hybridized carbons (Fsp3) is 0.455. The molecule has 0 amide bonds. The van der Waals surface area contributed by atoms with E-state index in [0.29, 0.717) is 29.7 Å². The van der Waals surface area contributed by atoms with Gasteiger partial charge in [-0.15, -0.1) is 0 Å². The molecule has 0 aliphatic heterocycles. The van der Waals surface area contributed by atoms with Gasteiger partial charge in [0.15, 0.2) is 0 Å². The average molecular weight is 311 g/mol. The van der Waals surface area contributed by atoms with Crippen molar-refractivity contribution in [2.45, 2.75) is 12.7 Å². The van der Waals surface area contributed by atoms with E-state index in [1.165, 1.54) is 6.07 Å². The molecule has 6 heteroatoms. The zero-order chi connectivity index (χ0) is 13.1. The van der Waals surface area contributed by atoms with Crippen molar-refractivity contribution in [2.24, 2.45) is 5.73 Å². The van der Waals surface area contributed by atoms with Gasteiger partial charge in [-0.1, -0.05) is 15.9 Å². The van der Waals surface area contributed by atoms with Crippen LogP contribution in [0.15, 0.2) is 22.7 Å². The maximum atomic E-state index is 12.5. The fourth-order valence-corrected chi connectivity index (χ4v) is 1.83. The number of alkyl halides is 3. The number of nitrogens with zero attached hydrogens (tertiary/aromatic N) is 1. The van der Waals surface area contributed by atoms with Crippen LogP contribution in [0.3, 0.4) is 0 Å². The van der Waals surface area contributed by atoms with Gasteiger partial charge >= 0.3 is 6.18 Å². The molecule has 0 bridgehead atoms. The van der Waals surface area contributed by atoms with Gasteiger partial charge in [-0.3, -0.25) is 0 Å². The third-order valence-electron chi connectivity index (χ3n) is 2.32. The summed E-state index contributed by atoms with van der Waals surface area (Å²) in [5.41, 5.74) is 5.37. The highest BCUT2D eigenvalue weighted by Crippen LogP contribution is 2.32. The Morgan fingerprint density at radius 2 is 2.00 bits per heavy atom. The van der Waals surface area contributed by atoms with Gasteiger partial charge in [-0.05, 0) is 30.8 Å². The van der Waals surface area contributed by atoms with Gasteiger partial charge in [0.25, 0.3) is 0 Å². The molecule has 1 aromatic rings. The second-order valence-corrected chi connectivity index (χ2v) is 4.68. The normalized spacial score (nSPS) is 12.2. The molecule has 0 spiro atoms. The summed E-state index contributed by atoms with van der Waals surface area (Å²) in [6.45, 7) is 1.55. The molecular formula is C11H14BrF3N2. The van der Waals surface area contributed by atoms with Gasteiger partial charge in [0.1, 0.15) is 0 Å². The van der Waals surface area contributed by atoms with E-state index in [1.807, 2.05) is 11.9 Å². The summed E-state index contributed by atoms with van der Waals surface area (Å²) in [6, 6.07) is 3.65. The third kappa shape index (κ3) is 4.29. The van der Waals surface area contributed by atoms with E-state index in [-0.39, 0.29) is 0 Å². The van der Waals surface area contributed by atoms with Crippen molar-refractivity contribution in [2.75, 3.05) is 20.1 Å². The van der Waals surface area contributed by atoms with E-state index in [9.17, 15) is 13.2 Å². The molecule has 0 atom stereocenters. The van der Waals surface area contributed by atoms with Crippen LogP contribution < -0.4 is 5.73 Å². The van der Waals surface area contributed by atoms with Crippen LogP contribution in [0.4, 0.5) is 13.2 Å². The largest absolute Gasteiger partial charge is 0.416 e. The zero-order valence-corrected chi connectivity index (χ0v) is 11.0. The summed E-state index contributed by atoms with van der Waals surface area (Å²) < 4.78 is 38.3. The lowest BCUT2D eigenvalue weighted by molar-refractivity contribution is -0.137. The van der Waals surface area contributed by atoms with E-state index in [4.69, 9.17) is 5.73 Å². The topological polar surface area (TPSA) is 29.3 Å². The van der Waals surface area contributed by atoms with Gasteiger partial charge in [0, 0.05) is 24.1 Å². The molecule has 1 rings (SSSR count). The van der Waals surface area contributed by atoms with Crippen molar-refractivity contribution < 1.29 is 13.2 Å². The van der Waals surface area contributed by atoms with Crippen LogP contribution in [-0.2, 0) is 12.7 Å². The predicted molar refractivity (Wildman–Crippen MR) is 64.5 cm³/mol. The minimum absolute atomic E-state index is 0.432. The van der Waals surface area contributed by atoms with E-state index in [1.54, 1.807) is 0 Å². The van der Waals surface area contributed by atoms with Gasteiger partial charge in [0.05, 0.1) is 5.56 Å². The Kier molecular flexibility index (Phi) is 4.97. The lowest BCUT2D eigenvalue weighted by Crippen LogP contribution is -2.25. The molecule has 1 aromatic carbocycles. The van der Waals surface area contributed by atoms with Crippen LogP contribution in [0.5, 0.6) is 0 Å². The van der Waals surface area contributed by atoms with Crippen molar-refractivity contribution in [1.29, 1.82) is 0 Å². The van der Waals surface area contributed by atoms with E-state index in [0.717, 1.165) is 12.1 Å². The van der Waals surface area contributed by atoms with Crippen LogP contribution in [0.25, 0.3) is 0 Å². The summed E-state index contributed by atoms with van der Waals surface area (Å²) >= 11 is 3.25. The molecule has 0 aromatic heterocycles. The van der Waals surface area contributed by atoms with Crippen LogP contribution >= 0.6 is 15.9 Å². The van der Waals surface area contributed by atoms with Crippen LogP contribution in [0.1, 0.15) is 11.1 Å². The van der Waals surface area contributed by atoms with Crippen molar-refractivity contribution in [1.82, 2.24) is 4.90 Å². The number of hydrogen-bond acceptors (Lipinski definition) is 2. The molecule has 0 fully saturated rings. The summed E-state index contributed by atoms with van der Waals surface area (Å²) in [4.78, 5) is 1.88. The molecular weight excluding hydrogens is 297 g/mol. The maximum Gasteiger partial charge on any atom is 0.416 e. The fourth-order valence-electron chi connectivity index (χ4n) is 1.46. The second-order valence-electron chi connectivity index (χ2n) is 3.83. The molecule has 0 aliphatic rings. The highest BCUT2D eigenvalue weighted by Gasteiger charge is 2.30. The highest BCUT2D eigenvalue weighted by atomic mass is 79.9. The number of hydrogen-bond donors (Lipinski definition) is 1. The summed E-state index contributed by atoms with van der Waals surface area (Å²) in [5, 5.41) is 0. The first-order valence-corrected chi connectivity index (χ1v) is 5.88. The molecule has 0 radical (unpaired) electrons. The number of nitrogens with two attached hydrogens (primary N) is 1. The Balaban J connectivity index is 2.91. The molecule has 17 heavy (non-hydrogen) atoms. The molecule has 96 valence electrons. The Morgan fingerprint density at radius 1 is 1.35 bits per heavy atom. The van der Waals surface area contributed by atoms with E-state index >= 15 is 0 Å². The summed E-state index contributed by atoms with van der Waals surface area (Å²) in [7, 11) is 1.82. The molecule has 2 nitrogen and oxygen atoms in total. The van der Waals surface area contributed by atoms with Gasteiger partial charge < -0.3 is 10.6 Å². The standard InChI is InChI=1S/C11H14BrF3N2/c1-17(5-4-16)7-8-6-9(11(13,14)15)2-3-10(8)12/h2-3,6H,4-5,7,16H2,1H3. The average Bonchev–Trinajstić information content (AvgIpc) is 2.20. The first kappa shape index (κ1) is 14.5. The van der Waals surface area contributed by atoms with Gasteiger partial charge in [-0.25, -0.2) is 0 Å². The van der Waals surface area contributed by atoms with E-state index in [2.05, 4.69) is 15.9 Å². The number of rotatable bonds is 4. The molecule has 0 unspecified atom stereocenters. The minimum Gasteiger partial charge on any atom is -0.329 e. The predicted octanol–water partition coefficient (Wildman–Crippen LogP) is 2.86. The van der Waals surface area contributed by atoms with Crippen molar-refractivity contribution >= 4 is 15.9 Å². The smallest absolute Gasteiger partial charge is 0.329 e. The Hall–Kier alpha value is -0.590. The second kappa shape index (κ2) is 5.84. The molecule has 0 heterocycles.